The highest BCUT2D eigenvalue weighted by atomic mass is 16.6. The number of amides is 1. The Morgan fingerprint density at radius 1 is 1.35 bits per heavy atom. The number of nitrogens with one attached hydrogen (secondary N) is 1. The molecule has 1 heterocycles. The smallest absolute Gasteiger partial charge is 0.408 e. The fourth-order valence-corrected chi connectivity index (χ4v) is 2.14. The van der Waals surface area contributed by atoms with Crippen LogP contribution in [0.4, 0.5) is 4.79 Å². The van der Waals surface area contributed by atoms with E-state index in [0.29, 0.717) is 12.8 Å². The van der Waals surface area contributed by atoms with Crippen molar-refractivity contribution in [2.75, 3.05) is 0 Å². The minimum atomic E-state index is -1.23. The molecule has 6 nitrogen and oxygen atoms in total. The van der Waals surface area contributed by atoms with Gasteiger partial charge in [-0.2, -0.15) is 0 Å². The van der Waals surface area contributed by atoms with E-state index in [1.165, 1.54) is 0 Å². The predicted molar refractivity (Wildman–Crippen MR) is 57.6 cm³/mol. The van der Waals surface area contributed by atoms with Crippen LogP contribution in [0.15, 0.2) is 0 Å². The number of rotatable bonds is 2. The molecule has 2 atom stereocenters. The number of aliphatic carboxylic acids is 1. The van der Waals surface area contributed by atoms with E-state index in [2.05, 4.69) is 5.32 Å². The number of alkyl carbamates (subject to hydrolysis) is 1. The Balaban J connectivity index is 1.99. The second kappa shape index (κ2) is 3.60. The van der Waals surface area contributed by atoms with Gasteiger partial charge in [0.25, 0.3) is 0 Å². The molecule has 2 N–H and O–H groups in total. The fraction of sp³-hybridized carbons (Fsp3) is 0.818. The van der Waals surface area contributed by atoms with Gasteiger partial charge in [-0.1, -0.05) is 0 Å². The van der Waals surface area contributed by atoms with Gasteiger partial charge in [-0.15, -0.1) is 0 Å². The van der Waals surface area contributed by atoms with Crippen molar-refractivity contribution in [2.24, 2.45) is 0 Å². The van der Waals surface area contributed by atoms with E-state index in [0.717, 1.165) is 0 Å². The molecule has 1 aliphatic carbocycles. The quantitative estimate of drug-likeness (QED) is 0.703. The molecule has 2 unspecified atom stereocenters. The fourth-order valence-electron chi connectivity index (χ4n) is 2.14. The molecule has 1 saturated carbocycles. The van der Waals surface area contributed by atoms with Crippen LogP contribution in [0, 0.1) is 0 Å². The van der Waals surface area contributed by atoms with E-state index >= 15 is 0 Å². The van der Waals surface area contributed by atoms with Gasteiger partial charge in [0.05, 0.1) is 12.2 Å². The number of fused-ring (bicyclic) bond motifs is 1. The molecule has 0 aromatic carbocycles. The Labute approximate surface area is 99.3 Å². The van der Waals surface area contributed by atoms with Crippen molar-refractivity contribution < 1.29 is 24.2 Å². The topological polar surface area (TPSA) is 88.2 Å². The summed E-state index contributed by atoms with van der Waals surface area (Å²) in [5.41, 5.74) is -1.86. The van der Waals surface area contributed by atoms with Gasteiger partial charge >= 0.3 is 12.1 Å². The maximum atomic E-state index is 11.6. The Bertz CT molecular complexity index is 349. The molecule has 0 bridgehead atoms. The van der Waals surface area contributed by atoms with Crippen LogP contribution in [-0.2, 0) is 14.3 Å². The summed E-state index contributed by atoms with van der Waals surface area (Å²) in [6.07, 6.45) is -0.123. The summed E-state index contributed by atoms with van der Waals surface area (Å²) in [6, 6.07) is 0. The largest absolute Gasteiger partial charge is 0.479 e. The highest BCUT2D eigenvalue weighted by molar-refractivity contribution is 5.85. The number of hydrogen-bond donors (Lipinski definition) is 2. The maximum Gasteiger partial charge on any atom is 0.408 e. The first-order valence-electron chi connectivity index (χ1n) is 5.62. The van der Waals surface area contributed by atoms with Crippen molar-refractivity contribution in [3.63, 3.8) is 0 Å². The molecular weight excluding hydrogens is 226 g/mol. The van der Waals surface area contributed by atoms with Crippen molar-refractivity contribution in [1.82, 2.24) is 5.32 Å². The van der Waals surface area contributed by atoms with Crippen LogP contribution in [0.25, 0.3) is 0 Å². The van der Waals surface area contributed by atoms with E-state index in [4.69, 9.17) is 9.47 Å². The van der Waals surface area contributed by atoms with E-state index in [-0.39, 0.29) is 12.2 Å². The van der Waals surface area contributed by atoms with Crippen LogP contribution in [0.3, 0.4) is 0 Å². The third kappa shape index (κ3) is 2.52. The third-order valence-electron chi connectivity index (χ3n) is 2.94. The number of hydrogen-bond acceptors (Lipinski definition) is 4. The zero-order chi connectivity index (χ0) is 12.8. The van der Waals surface area contributed by atoms with Crippen LogP contribution in [-0.4, -0.2) is 40.5 Å². The molecule has 0 aromatic heterocycles. The van der Waals surface area contributed by atoms with Crippen molar-refractivity contribution in [1.29, 1.82) is 0 Å². The van der Waals surface area contributed by atoms with Crippen LogP contribution in [0.5, 0.6) is 0 Å². The van der Waals surface area contributed by atoms with Crippen LogP contribution in [0.2, 0.25) is 0 Å². The number of carbonyl (C=O) groups is 2. The Morgan fingerprint density at radius 3 is 2.29 bits per heavy atom. The molecule has 2 fully saturated rings. The molecule has 96 valence electrons. The Kier molecular flexibility index (Phi) is 2.57. The monoisotopic (exact) mass is 243 g/mol. The zero-order valence-electron chi connectivity index (χ0n) is 10.1. The molecule has 0 aromatic rings. The lowest BCUT2D eigenvalue weighted by atomic mass is 9.97. The first-order chi connectivity index (χ1) is 7.72. The van der Waals surface area contributed by atoms with E-state index in [1.807, 2.05) is 0 Å². The van der Waals surface area contributed by atoms with Crippen molar-refractivity contribution in [3.8, 4) is 0 Å². The molecule has 0 spiro atoms. The Morgan fingerprint density at radius 2 is 1.88 bits per heavy atom. The lowest BCUT2D eigenvalue weighted by molar-refractivity contribution is -0.145. The number of carboxylic acids is 1. The summed E-state index contributed by atoms with van der Waals surface area (Å²) >= 11 is 0. The number of carbonyl (C=O) groups excluding carboxylic acids is 1. The van der Waals surface area contributed by atoms with Crippen molar-refractivity contribution in [2.45, 2.75) is 57.0 Å². The number of carboxylic acid groups (broad SMARTS) is 1. The summed E-state index contributed by atoms with van der Waals surface area (Å²) in [4.78, 5) is 22.9. The highest BCUT2D eigenvalue weighted by Gasteiger charge is 2.60. The van der Waals surface area contributed by atoms with Crippen LogP contribution in [0.1, 0.15) is 33.6 Å². The first-order valence-corrected chi connectivity index (χ1v) is 5.62. The predicted octanol–water partition coefficient (Wildman–Crippen LogP) is 0.896. The average molecular weight is 243 g/mol. The van der Waals surface area contributed by atoms with Crippen LogP contribution >= 0.6 is 0 Å². The molecule has 0 radical (unpaired) electrons. The summed E-state index contributed by atoms with van der Waals surface area (Å²) in [7, 11) is 0. The molecular formula is C11H17NO5. The summed E-state index contributed by atoms with van der Waals surface area (Å²) in [5.74, 6) is -1.03. The molecule has 2 aliphatic rings. The lowest BCUT2D eigenvalue weighted by Gasteiger charge is -2.28. The van der Waals surface area contributed by atoms with Gasteiger partial charge in [-0.05, 0) is 20.8 Å². The summed E-state index contributed by atoms with van der Waals surface area (Å²) in [5, 5.41) is 11.7. The Hall–Kier alpha value is -1.30. The SMILES string of the molecule is CC(C)(C)OC(=O)NC1(C(=O)O)CC2OC2C1. The highest BCUT2D eigenvalue weighted by Crippen LogP contribution is 2.44. The number of ether oxygens (including phenoxy) is 2. The molecule has 1 saturated heterocycles. The zero-order valence-corrected chi connectivity index (χ0v) is 10.1. The van der Waals surface area contributed by atoms with Gasteiger partial charge in [0.1, 0.15) is 11.1 Å². The minimum Gasteiger partial charge on any atom is -0.479 e. The van der Waals surface area contributed by atoms with Gasteiger partial charge in [-0.3, -0.25) is 0 Å². The second-order valence-electron chi connectivity index (χ2n) is 5.64. The van der Waals surface area contributed by atoms with Gasteiger partial charge in [0.2, 0.25) is 0 Å². The molecule has 2 rings (SSSR count). The second-order valence-corrected chi connectivity index (χ2v) is 5.64. The van der Waals surface area contributed by atoms with E-state index in [1.54, 1.807) is 20.8 Å². The average Bonchev–Trinajstić information content (AvgIpc) is 2.70. The molecule has 1 aliphatic heterocycles. The van der Waals surface area contributed by atoms with Crippen molar-refractivity contribution >= 4 is 12.1 Å². The molecule has 1 amide bonds. The summed E-state index contributed by atoms with van der Waals surface area (Å²) < 4.78 is 10.3. The lowest BCUT2D eigenvalue weighted by Crippen LogP contribution is -2.55. The number of epoxide rings is 1. The minimum absolute atomic E-state index is 0.0268. The van der Waals surface area contributed by atoms with E-state index in [9.17, 15) is 14.7 Å². The normalized spacial score (nSPS) is 35.0. The van der Waals surface area contributed by atoms with Gasteiger partial charge in [-0.25, -0.2) is 9.59 Å². The van der Waals surface area contributed by atoms with Gasteiger partial charge in [0.15, 0.2) is 0 Å². The first kappa shape index (κ1) is 12.2. The molecule has 6 heteroatoms. The van der Waals surface area contributed by atoms with E-state index < -0.39 is 23.2 Å². The van der Waals surface area contributed by atoms with Crippen molar-refractivity contribution in [3.05, 3.63) is 0 Å². The van der Waals surface area contributed by atoms with Gasteiger partial charge < -0.3 is 19.9 Å². The maximum absolute atomic E-state index is 11.6. The van der Waals surface area contributed by atoms with Gasteiger partial charge in [0, 0.05) is 12.8 Å². The third-order valence-corrected chi connectivity index (χ3v) is 2.94. The van der Waals surface area contributed by atoms with Crippen LogP contribution < -0.4 is 5.32 Å². The molecule has 17 heavy (non-hydrogen) atoms. The standard InChI is InChI=1S/C11H17NO5/c1-10(2,3)17-9(15)12-11(8(13)14)4-6-7(5-11)16-6/h6-7H,4-5H2,1-3H3,(H,12,15)(H,13,14). The summed E-state index contributed by atoms with van der Waals surface area (Å²) in [6.45, 7) is 5.19.